The van der Waals surface area contributed by atoms with Crippen molar-refractivity contribution in [2.24, 2.45) is 0 Å². The van der Waals surface area contributed by atoms with Crippen LogP contribution in [-0.4, -0.2) is 15.4 Å². The zero-order chi connectivity index (χ0) is 5.21. The van der Waals surface area contributed by atoms with Gasteiger partial charge in [-0.1, -0.05) is 0 Å². The van der Waals surface area contributed by atoms with Crippen LogP contribution in [0.1, 0.15) is 0 Å². The van der Waals surface area contributed by atoms with Gasteiger partial charge in [-0.25, -0.2) is 0 Å². The molecule has 0 aromatic rings. The van der Waals surface area contributed by atoms with E-state index in [0.29, 0.717) is 0 Å². The summed E-state index contributed by atoms with van der Waals surface area (Å²) in [5, 5.41) is 0. The van der Waals surface area contributed by atoms with Crippen molar-refractivity contribution in [3.63, 3.8) is 0 Å². The van der Waals surface area contributed by atoms with Crippen LogP contribution in [0.25, 0.3) is 0 Å². The Bertz CT molecular complexity index is 41.4. The summed E-state index contributed by atoms with van der Waals surface area (Å²) in [6.45, 7) is 6.48. The van der Waals surface area contributed by atoms with Crippen molar-refractivity contribution in [3.05, 3.63) is 0 Å². The smallest absolute Gasteiger partial charge is 0.183 e. The fourth-order valence-corrected chi connectivity index (χ4v) is 0. The average Bonchev–Trinajstić information content (AvgIpc) is 1.35. The third-order valence-electron chi connectivity index (χ3n) is 0.612. The van der Waals surface area contributed by atoms with Crippen molar-refractivity contribution in [1.29, 1.82) is 0 Å². The molecule has 0 spiro atoms. The van der Waals surface area contributed by atoms with Crippen LogP contribution in [0, 0.1) is 0 Å². The second-order valence-corrected chi connectivity index (χ2v) is 6.95. The maximum absolute atomic E-state index is 5.08. The summed E-state index contributed by atoms with van der Waals surface area (Å²) in [5.41, 5.74) is 0. The Kier molecular flexibility index (Phi) is 5.69. The molecule has 0 unspecified atom stereocenters. The molecule has 0 fully saturated rings. The first-order valence-corrected chi connectivity index (χ1v) is 5.52. The normalized spacial score (nSPS) is 10.3. The molecule has 7 heavy (non-hydrogen) atoms. The maximum atomic E-state index is 5.08. The van der Waals surface area contributed by atoms with E-state index in [9.17, 15) is 0 Å². The molecule has 0 amide bonds. The summed E-state index contributed by atoms with van der Waals surface area (Å²) in [6.07, 6.45) is 0. The van der Waals surface area contributed by atoms with Crippen LogP contribution in [-0.2, 0) is 23.0 Å². The van der Waals surface area contributed by atoms with E-state index in [-0.39, 0.29) is 18.6 Å². The van der Waals surface area contributed by atoms with E-state index in [1.165, 1.54) is 0 Å². The van der Waals surface area contributed by atoms with Crippen molar-refractivity contribution < 1.29 is 23.0 Å². The third kappa shape index (κ3) is 10.8. The largest absolute Gasteiger partial charge is 0.421 e. The first-order valence-electron chi connectivity index (χ1n) is 2.11. The SMILES string of the molecule is CO[Si](C)(C)C.[V]. The molecule has 0 aliphatic heterocycles. The number of rotatable bonds is 1. The summed E-state index contributed by atoms with van der Waals surface area (Å²) in [7, 11) is 0.639. The van der Waals surface area contributed by atoms with Gasteiger partial charge in [0.15, 0.2) is 8.32 Å². The van der Waals surface area contributed by atoms with Gasteiger partial charge in [-0.05, 0) is 19.6 Å². The van der Waals surface area contributed by atoms with Gasteiger partial charge < -0.3 is 4.43 Å². The minimum atomic E-state index is -1.13. The van der Waals surface area contributed by atoms with Crippen molar-refractivity contribution in [3.8, 4) is 0 Å². The van der Waals surface area contributed by atoms with Crippen molar-refractivity contribution in [2.45, 2.75) is 19.6 Å². The minimum Gasteiger partial charge on any atom is -0.421 e. The summed E-state index contributed by atoms with van der Waals surface area (Å²) in [4.78, 5) is 0. The van der Waals surface area contributed by atoms with Gasteiger partial charge in [0.25, 0.3) is 0 Å². The molecule has 0 atom stereocenters. The van der Waals surface area contributed by atoms with Gasteiger partial charge in [0.1, 0.15) is 0 Å². The Labute approximate surface area is 58.5 Å². The first kappa shape index (κ1) is 10.7. The summed E-state index contributed by atoms with van der Waals surface area (Å²) >= 11 is 0. The van der Waals surface area contributed by atoms with Crippen molar-refractivity contribution in [1.82, 2.24) is 0 Å². The summed E-state index contributed by atoms with van der Waals surface area (Å²) in [5.74, 6) is 0. The molecule has 3 heteroatoms. The quantitative estimate of drug-likeness (QED) is 0.521. The average molecular weight is 155 g/mol. The second-order valence-electron chi connectivity index (χ2n) is 2.32. The molecule has 0 saturated heterocycles. The first-order chi connectivity index (χ1) is 2.56. The van der Waals surface area contributed by atoms with Gasteiger partial charge in [-0.3, -0.25) is 0 Å². The van der Waals surface area contributed by atoms with Crippen LogP contribution in [0.4, 0.5) is 0 Å². The zero-order valence-electron chi connectivity index (χ0n) is 5.36. The molecule has 0 aliphatic carbocycles. The van der Waals surface area contributed by atoms with Crippen LogP contribution < -0.4 is 0 Å². The molecule has 1 nitrogen and oxygen atoms in total. The van der Waals surface area contributed by atoms with Crippen molar-refractivity contribution in [2.75, 3.05) is 7.11 Å². The van der Waals surface area contributed by atoms with E-state index in [1.807, 2.05) is 0 Å². The van der Waals surface area contributed by atoms with Crippen LogP contribution in [0.5, 0.6) is 0 Å². The fourth-order valence-electron chi connectivity index (χ4n) is 0. The van der Waals surface area contributed by atoms with E-state index in [4.69, 9.17) is 4.43 Å². The Morgan fingerprint density at radius 2 is 1.29 bits per heavy atom. The molecule has 0 bridgehead atoms. The van der Waals surface area contributed by atoms with E-state index < -0.39 is 8.32 Å². The van der Waals surface area contributed by atoms with E-state index in [1.54, 1.807) is 7.11 Å². The molecule has 0 aromatic carbocycles. The van der Waals surface area contributed by atoms with Gasteiger partial charge in [-0.2, -0.15) is 0 Å². The topological polar surface area (TPSA) is 9.23 Å². The standard InChI is InChI=1S/C4H12OSi.V/c1-5-6(2,3)4;/h1-4H3;. The van der Waals surface area contributed by atoms with Crippen molar-refractivity contribution >= 4 is 8.32 Å². The Morgan fingerprint density at radius 3 is 1.29 bits per heavy atom. The van der Waals surface area contributed by atoms with Crippen LogP contribution >= 0.6 is 0 Å². The van der Waals surface area contributed by atoms with Crippen LogP contribution in [0.2, 0.25) is 19.6 Å². The van der Waals surface area contributed by atoms with E-state index >= 15 is 0 Å². The van der Waals surface area contributed by atoms with E-state index in [0.717, 1.165) is 0 Å². The Hall–Kier alpha value is 0.761. The molecule has 0 aliphatic rings. The molecule has 1 radical (unpaired) electrons. The Balaban J connectivity index is 0. The molecule has 43 valence electrons. The van der Waals surface area contributed by atoms with E-state index in [2.05, 4.69) is 19.6 Å². The third-order valence-corrected chi connectivity index (χ3v) is 1.84. The molecule has 0 saturated carbocycles. The molecule has 0 heterocycles. The predicted molar refractivity (Wildman–Crippen MR) is 30.4 cm³/mol. The zero-order valence-corrected chi connectivity index (χ0v) is 7.75. The molecule has 0 N–H and O–H groups in total. The Morgan fingerprint density at radius 1 is 1.14 bits per heavy atom. The summed E-state index contributed by atoms with van der Waals surface area (Å²) in [6, 6.07) is 0. The van der Waals surface area contributed by atoms with Crippen LogP contribution in [0.15, 0.2) is 0 Å². The minimum absolute atomic E-state index is 0. The van der Waals surface area contributed by atoms with Gasteiger partial charge in [0, 0.05) is 25.7 Å². The van der Waals surface area contributed by atoms with Crippen LogP contribution in [0.3, 0.4) is 0 Å². The number of hydrogen-bond donors (Lipinski definition) is 0. The van der Waals surface area contributed by atoms with Gasteiger partial charge >= 0.3 is 0 Å². The molecule has 0 rings (SSSR count). The molecule has 0 aromatic heterocycles. The summed E-state index contributed by atoms with van der Waals surface area (Å²) < 4.78 is 5.08. The van der Waals surface area contributed by atoms with Gasteiger partial charge in [0.05, 0.1) is 0 Å². The second kappa shape index (κ2) is 3.73. The predicted octanol–water partition coefficient (Wildman–Crippen LogP) is 1.47. The maximum Gasteiger partial charge on any atom is 0.183 e. The monoisotopic (exact) mass is 155 g/mol. The fraction of sp³-hybridized carbons (Fsp3) is 1.00. The van der Waals surface area contributed by atoms with Gasteiger partial charge in [0.2, 0.25) is 0 Å². The number of hydrogen-bond acceptors (Lipinski definition) is 1. The van der Waals surface area contributed by atoms with Gasteiger partial charge in [-0.15, -0.1) is 0 Å². The molecular formula is C4H12OSiV. The molecular weight excluding hydrogens is 143 g/mol.